The largest absolute Gasteiger partial charge is 0.107 e. The molecule has 0 aromatic heterocycles. The molecular weight excluding hydrogens is 276 g/mol. The van der Waals surface area contributed by atoms with Crippen LogP contribution in [0.25, 0.3) is 0 Å². The van der Waals surface area contributed by atoms with Gasteiger partial charge in [0.25, 0.3) is 0 Å². The lowest BCUT2D eigenvalue weighted by atomic mass is 10.4. The van der Waals surface area contributed by atoms with Crippen LogP contribution in [0.3, 0.4) is 0 Å². The fourth-order valence-electron chi connectivity index (χ4n) is 2.20. The van der Waals surface area contributed by atoms with Crippen LogP contribution in [0.5, 0.6) is 0 Å². The molecule has 0 aliphatic rings. The number of hydrogen-bond acceptors (Lipinski definition) is 0. The zero-order valence-electron chi connectivity index (χ0n) is 13.6. The van der Waals surface area contributed by atoms with Crippen LogP contribution in [-0.4, -0.2) is 24.9 Å². The first-order valence-corrected chi connectivity index (χ1v) is 16.8. The maximum Gasteiger partial charge on any atom is 0.0803 e. The highest BCUT2D eigenvalue weighted by Crippen LogP contribution is 2.20. The van der Waals surface area contributed by atoms with E-state index in [-0.39, 0.29) is 0 Å². The van der Waals surface area contributed by atoms with Crippen molar-refractivity contribution in [2.75, 3.05) is 0 Å². The van der Waals surface area contributed by atoms with E-state index in [0.717, 1.165) is 0 Å². The zero-order valence-corrected chi connectivity index (χ0v) is 16.7. The average Bonchev–Trinajstić information content (AvgIpc) is 2.37. The van der Waals surface area contributed by atoms with Crippen molar-refractivity contribution in [3.8, 4) is 0 Å². The molecule has 1 aromatic carbocycles. The topological polar surface area (TPSA) is 0 Å². The molecule has 0 nitrogen and oxygen atoms in total. The first kappa shape index (κ1) is 16.7. The molecule has 0 bridgehead atoms. The van der Waals surface area contributed by atoms with Gasteiger partial charge in [0.15, 0.2) is 0 Å². The van der Waals surface area contributed by atoms with Gasteiger partial charge >= 0.3 is 0 Å². The molecule has 0 amide bonds. The van der Waals surface area contributed by atoms with Crippen molar-refractivity contribution in [3.05, 3.63) is 36.5 Å². The predicted molar refractivity (Wildman–Crippen MR) is 99.4 cm³/mol. The Kier molecular flexibility index (Phi) is 5.59. The second-order valence-corrected chi connectivity index (χ2v) is 20.1. The molecule has 0 spiro atoms. The maximum atomic E-state index is 4.02. The van der Waals surface area contributed by atoms with Crippen LogP contribution in [0.15, 0.2) is 36.5 Å². The minimum Gasteiger partial charge on any atom is -0.107 e. The molecule has 106 valence electrons. The Morgan fingerprint density at radius 1 is 1.00 bits per heavy atom. The lowest BCUT2D eigenvalue weighted by molar-refractivity contribution is 1.30. The smallest absolute Gasteiger partial charge is 0.0803 e. The van der Waals surface area contributed by atoms with Crippen molar-refractivity contribution in [3.63, 3.8) is 0 Å². The summed E-state index contributed by atoms with van der Waals surface area (Å²) < 4.78 is 0. The summed E-state index contributed by atoms with van der Waals surface area (Å²) in [5.41, 5.74) is 2.24. The molecule has 1 aromatic rings. The molecule has 0 saturated carbocycles. The van der Waals surface area contributed by atoms with Crippen molar-refractivity contribution in [1.82, 2.24) is 0 Å². The van der Waals surface area contributed by atoms with Gasteiger partial charge in [-0.2, -0.15) is 0 Å². The first-order valence-electron chi connectivity index (χ1n) is 7.42. The Balaban J connectivity index is 2.79. The molecule has 0 fully saturated rings. The summed E-state index contributed by atoms with van der Waals surface area (Å²) in [5, 5.41) is 3.22. The highest BCUT2D eigenvalue weighted by Gasteiger charge is 2.27. The fraction of sp³-hybridized carbons (Fsp3) is 0.500. The number of hydrogen-bond donors (Lipinski definition) is 0. The van der Waals surface area contributed by atoms with Crippen LogP contribution >= 0.6 is 0 Å². The summed E-state index contributed by atoms with van der Waals surface area (Å²) in [6, 6.07) is 12.4. The molecule has 19 heavy (non-hydrogen) atoms. The highest BCUT2D eigenvalue weighted by atomic mass is 28.3. The summed E-state index contributed by atoms with van der Waals surface area (Å²) >= 11 is 0. The second-order valence-electron chi connectivity index (χ2n) is 7.35. The molecule has 0 aliphatic carbocycles. The third kappa shape index (κ3) is 4.89. The lowest BCUT2D eigenvalue weighted by Crippen LogP contribution is -2.43. The standard InChI is InChI=1S/C16H30Si3/c1-8-18(4,5)13-14-19(6,7)16-11-9-15(10-12-16)17(2)3/h8-12,17H,1,13-14H2,2-7H3. The van der Waals surface area contributed by atoms with Crippen molar-refractivity contribution in [2.45, 2.75) is 51.4 Å². The van der Waals surface area contributed by atoms with Crippen molar-refractivity contribution in [2.24, 2.45) is 0 Å². The van der Waals surface area contributed by atoms with Gasteiger partial charge in [-0.05, 0) is 0 Å². The van der Waals surface area contributed by atoms with Gasteiger partial charge in [-0.25, -0.2) is 0 Å². The minimum absolute atomic E-state index is 0.643. The monoisotopic (exact) mass is 306 g/mol. The SMILES string of the molecule is C=C[Si](C)(C)CC[Si](C)(C)c1ccc([SiH](C)C)cc1. The van der Waals surface area contributed by atoms with E-state index >= 15 is 0 Å². The van der Waals surface area contributed by atoms with E-state index in [9.17, 15) is 0 Å². The molecule has 0 atom stereocenters. The van der Waals surface area contributed by atoms with Gasteiger partial charge in [0.1, 0.15) is 0 Å². The summed E-state index contributed by atoms with van der Waals surface area (Å²) in [6.45, 7) is 18.7. The molecule has 0 N–H and O–H groups in total. The fourth-order valence-corrected chi connectivity index (χ4v) is 9.80. The summed E-state index contributed by atoms with van der Waals surface area (Å²) in [5.74, 6) is 0. The minimum atomic E-state index is -1.26. The zero-order chi connectivity index (χ0) is 14.7. The van der Waals surface area contributed by atoms with Crippen LogP contribution in [0, 0.1) is 0 Å². The molecule has 0 aliphatic heterocycles. The second kappa shape index (κ2) is 6.37. The third-order valence-corrected chi connectivity index (χ3v) is 12.6. The average molecular weight is 307 g/mol. The molecule has 1 rings (SSSR count). The van der Waals surface area contributed by atoms with Crippen molar-refractivity contribution < 1.29 is 0 Å². The summed E-state index contributed by atoms with van der Waals surface area (Å²) in [7, 11) is -3.05. The summed E-state index contributed by atoms with van der Waals surface area (Å²) in [6.07, 6.45) is 0. The van der Waals surface area contributed by atoms with Gasteiger partial charge in [-0.15, -0.1) is 12.3 Å². The Bertz CT molecular complexity index is 416. The van der Waals surface area contributed by atoms with Crippen LogP contribution in [0.2, 0.25) is 51.4 Å². The molecule has 0 radical (unpaired) electrons. The van der Waals surface area contributed by atoms with E-state index in [1.54, 1.807) is 10.4 Å². The molecule has 0 unspecified atom stereocenters. The van der Waals surface area contributed by atoms with Crippen LogP contribution in [-0.2, 0) is 0 Å². The lowest BCUT2D eigenvalue weighted by Gasteiger charge is -2.27. The highest BCUT2D eigenvalue weighted by molar-refractivity contribution is 6.92. The van der Waals surface area contributed by atoms with Crippen LogP contribution in [0.1, 0.15) is 0 Å². The Morgan fingerprint density at radius 2 is 1.53 bits per heavy atom. The van der Waals surface area contributed by atoms with Gasteiger partial charge < -0.3 is 0 Å². The molecule has 0 heterocycles. The number of rotatable bonds is 6. The van der Waals surface area contributed by atoms with Crippen LogP contribution < -0.4 is 10.4 Å². The van der Waals surface area contributed by atoms with E-state index in [0.29, 0.717) is 0 Å². The number of benzene rings is 1. The Hall–Kier alpha value is -0.389. The van der Waals surface area contributed by atoms with E-state index in [4.69, 9.17) is 0 Å². The van der Waals surface area contributed by atoms with Gasteiger partial charge in [-0.1, -0.05) is 86.0 Å². The summed E-state index contributed by atoms with van der Waals surface area (Å²) in [4.78, 5) is 0. The van der Waals surface area contributed by atoms with E-state index in [1.165, 1.54) is 12.1 Å². The van der Waals surface area contributed by atoms with E-state index in [1.807, 2.05) is 0 Å². The third-order valence-electron chi connectivity index (χ3n) is 4.31. The van der Waals surface area contributed by atoms with Gasteiger partial charge in [0, 0.05) is 0 Å². The van der Waals surface area contributed by atoms with Gasteiger partial charge in [0.05, 0.1) is 24.9 Å². The Morgan fingerprint density at radius 3 is 1.95 bits per heavy atom. The normalized spacial score (nSPS) is 12.8. The molecule has 0 saturated heterocycles. The molecule has 3 heteroatoms. The van der Waals surface area contributed by atoms with Gasteiger partial charge in [-0.3, -0.25) is 0 Å². The van der Waals surface area contributed by atoms with E-state index in [2.05, 4.69) is 75.8 Å². The maximum absolute atomic E-state index is 4.02. The first-order chi connectivity index (χ1) is 8.68. The Labute approximate surface area is 123 Å². The predicted octanol–water partition coefficient (Wildman–Crippen LogP) is 3.73. The van der Waals surface area contributed by atoms with Crippen molar-refractivity contribution >= 4 is 35.3 Å². The van der Waals surface area contributed by atoms with Gasteiger partial charge in [0.2, 0.25) is 0 Å². The molecular formula is C16H30Si3. The van der Waals surface area contributed by atoms with E-state index < -0.39 is 24.9 Å². The quantitative estimate of drug-likeness (QED) is 0.703. The van der Waals surface area contributed by atoms with Crippen molar-refractivity contribution in [1.29, 1.82) is 0 Å². The van der Waals surface area contributed by atoms with Crippen LogP contribution in [0.4, 0.5) is 0 Å².